The standard InChI is InChI=1S/C21H18BrNO5/c1-12(24)23-17-11-15(22)8-9-16(17)19(21(23)27)20(26)14-6-3-13(4-7-14)5-10-18(25)28-2/h3-4,6-9,11,26H,5,10H2,1-2H3/b20-19+. The summed E-state index contributed by atoms with van der Waals surface area (Å²) >= 11 is 3.34. The minimum Gasteiger partial charge on any atom is -0.506 e. The van der Waals surface area contributed by atoms with Crippen molar-refractivity contribution in [1.82, 2.24) is 0 Å². The van der Waals surface area contributed by atoms with E-state index in [1.807, 2.05) is 0 Å². The van der Waals surface area contributed by atoms with E-state index in [0.717, 1.165) is 14.9 Å². The summed E-state index contributed by atoms with van der Waals surface area (Å²) in [7, 11) is 1.34. The van der Waals surface area contributed by atoms with E-state index in [4.69, 9.17) is 0 Å². The molecule has 7 heteroatoms. The highest BCUT2D eigenvalue weighted by Gasteiger charge is 2.37. The highest BCUT2D eigenvalue weighted by atomic mass is 79.9. The van der Waals surface area contributed by atoms with Gasteiger partial charge in [0.05, 0.1) is 18.4 Å². The lowest BCUT2D eigenvalue weighted by Gasteiger charge is -2.12. The second-order valence-corrected chi connectivity index (χ2v) is 7.23. The number of amides is 2. The molecule has 0 aliphatic carbocycles. The first-order valence-corrected chi connectivity index (χ1v) is 9.37. The van der Waals surface area contributed by atoms with Gasteiger partial charge in [-0.05, 0) is 24.1 Å². The minimum absolute atomic E-state index is 0.0833. The molecule has 2 amide bonds. The van der Waals surface area contributed by atoms with Crippen molar-refractivity contribution in [2.45, 2.75) is 19.8 Å². The van der Waals surface area contributed by atoms with Crippen LogP contribution in [0.3, 0.4) is 0 Å². The summed E-state index contributed by atoms with van der Waals surface area (Å²) in [4.78, 5) is 37.1. The fourth-order valence-corrected chi connectivity index (χ4v) is 3.45. The lowest BCUT2D eigenvalue weighted by molar-refractivity contribution is -0.140. The number of aryl methyl sites for hydroxylation is 1. The molecule has 0 atom stereocenters. The maximum Gasteiger partial charge on any atom is 0.305 e. The topological polar surface area (TPSA) is 83.9 Å². The number of imide groups is 1. The van der Waals surface area contributed by atoms with Crippen LogP contribution in [0.4, 0.5) is 5.69 Å². The van der Waals surface area contributed by atoms with Gasteiger partial charge in [-0.3, -0.25) is 14.4 Å². The van der Waals surface area contributed by atoms with Crippen LogP contribution in [0.2, 0.25) is 0 Å². The fraction of sp³-hybridized carbons (Fsp3) is 0.190. The van der Waals surface area contributed by atoms with Gasteiger partial charge in [-0.25, -0.2) is 4.90 Å². The molecule has 6 nitrogen and oxygen atoms in total. The number of carbonyl (C=O) groups excluding carboxylic acids is 3. The second kappa shape index (κ2) is 7.98. The lowest BCUT2D eigenvalue weighted by atomic mass is 10.0. The van der Waals surface area contributed by atoms with E-state index in [9.17, 15) is 19.5 Å². The number of anilines is 1. The van der Waals surface area contributed by atoms with Gasteiger partial charge in [0.15, 0.2) is 0 Å². The average molecular weight is 444 g/mol. The Bertz CT molecular complexity index is 994. The van der Waals surface area contributed by atoms with E-state index in [1.54, 1.807) is 42.5 Å². The molecule has 2 aromatic rings. The maximum absolute atomic E-state index is 12.8. The predicted molar refractivity (Wildman–Crippen MR) is 109 cm³/mol. The Morgan fingerprint density at radius 3 is 2.43 bits per heavy atom. The zero-order valence-corrected chi connectivity index (χ0v) is 16.9. The van der Waals surface area contributed by atoms with Gasteiger partial charge >= 0.3 is 5.97 Å². The quantitative estimate of drug-likeness (QED) is 0.440. The number of fused-ring (bicyclic) bond motifs is 1. The van der Waals surface area contributed by atoms with Gasteiger partial charge in [-0.1, -0.05) is 46.3 Å². The highest BCUT2D eigenvalue weighted by molar-refractivity contribution is 9.10. The lowest BCUT2D eigenvalue weighted by Crippen LogP contribution is -2.31. The molecule has 1 aliphatic rings. The number of esters is 1. The molecular weight excluding hydrogens is 426 g/mol. The molecule has 1 aliphatic heterocycles. The summed E-state index contributed by atoms with van der Waals surface area (Å²) in [6.45, 7) is 1.30. The van der Waals surface area contributed by atoms with Crippen LogP contribution in [0.1, 0.15) is 30.0 Å². The predicted octanol–water partition coefficient (Wildman–Crippen LogP) is 3.87. The number of methoxy groups -OCH3 is 1. The highest BCUT2D eigenvalue weighted by Crippen LogP contribution is 2.41. The van der Waals surface area contributed by atoms with Crippen LogP contribution in [0, 0.1) is 0 Å². The van der Waals surface area contributed by atoms with Gasteiger partial charge in [-0.2, -0.15) is 0 Å². The molecule has 0 bridgehead atoms. The van der Waals surface area contributed by atoms with Crippen molar-refractivity contribution in [2.75, 3.05) is 12.0 Å². The smallest absolute Gasteiger partial charge is 0.305 e. The van der Waals surface area contributed by atoms with Crippen molar-refractivity contribution in [2.24, 2.45) is 0 Å². The Hall–Kier alpha value is -2.93. The molecule has 3 rings (SSSR count). The molecule has 0 radical (unpaired) electrons. The van der Waals surface area contributed by atoms with Crippen molar-refractivity contribution in [3.05, 3.63) is 63.6 Å². The fourth-order valence-electron chi connectivity index (χ4n) is 3.10. The normalized spacial score (nSPS) is 14.7. The van der Waals surface area contributed by atoms with Gasteiger partial charge < -0.3 is 9.84 Å². The number of nitrogens with zero attached hydrogens (tertiary/aromatic N) is 1. The average Bonchev–Trinajstić information content (AvgIpc) is 2.96. The Kier molecular flexibility index (Phi) is 5.65. The zero-order chi connectivity index (χ0) is 20.4. The van der Waals surface area contributed by atoms with Crippen molar-refractivity contribution in [3.63, 3.8) is 0 Å². The first-order valence-electron chi connectivity index (χ1n) is 8.57. The number of hydrogen-bond acceptors (Lipinski definition) is 5. The third-order valence-corrected chi connectivity index (χ3v) is 5.00. The largest absolute Gasteiger partial charge is 0.506 e. The number of ether oxygens (including phenoxy) is 1. The minimum atomic E-state index is -0.562. The Balaban J connectivity index is 1.98. The van der Waals surface area contributed by atoms with Crippen LogP contribution in [-0.2, 0) is 25.5 Å². The number of aliphatic hydroxyl groups excluding tert-OH is 1. The van der Waals surface area contributed by atoms with E-state index in [-0.39, 0.29) is 23.7 Å². The molecule has 144 valence electrons. The molecule has 0 saturated carbocycles. The third-order valence-electron chi connectivity index (χ3n) is 4.51. The van der Waals surface area contributed by atoms with Gasteiger partial charge in [-0.15, -0.1) is 0 Å². The number of halogens is 1. The molecule has 2 aromatic carbocycles. The number of carbonyl (C=O) groups is 3. The molecular formula is C21H18BrNO5. The summed E-state index contributed by atoms with van der Waals surface area (Å²) in [5.41, 5.74) is 2.36. The summed E-state index contributed by atoms with van der Waals surface area (Å²) in [5, 5.41) is 10.8. The van der Waals surface area contributed by atoms with Gasteiger partial charge in [0.25, 0.3) is 5.91 Å². The van der Waals surface area contributed by atoms with Crippen molar-refractivity contribution in [3.8, 4) is 0 Å². The summed E-state index contributed by atoms with van der Waals surface area (Å²) < 4.78 is 5.35. The molecule has 1 N–H and O–H groups in total. The number of rotatable bonds is 4. The summed E-state index contributed by atoms with van der Waals surface area (Å²) in [6, 6.07) is 12.0. The number of hydrogen-bond donors (Lipinski definition) is 1. The zero-order valence-electron chi connectivity index (χ0n) is 15.4. The maximum atomic E-state index is 12.8. The third kappa shape index (κ3) is 3.71. The number of aliphatic hydroxyl groups is 1. The first-order chi connectivity index (χ1) is 13.3. The van der Waals surface area contributed by atoms with Crippen molar-refractivity contribution in [1.29, 1.82) is 0 Å². The van der Waals surface area contributed by atoms with E-state index in [2.05, 4.69) is 20.7 Å². The Labute approximate surface area is 170 Å². The van der Waals surface area contributed by atoms with Crippen LogP contribution >= 0.6 is 15.9 Å². The van der Waals surface area contributed by atoms with Crippen LogP contribution in [0.25, 0.3) is 11.3 Å². The summed E-state index contributed by atoms with van der Waals surface area (Å²) in [6.07, 6.45) is 0.773. The Morgan fingerprint density at radius 1 is 1.14 bits per heavy atom. The monoisotopic (exact) mass is 443 g/mol. The SMILES string of the molecule is COC(=O)CCc1ccc(/C(O)=C2\C(=O)N(C(C)=O)c3cc(Br)ccc32)cc1. The van der Waals surface area contributed by atoms with Gasteiger partial charge in [0.1, 0.15) is 5.76 Å². The van der Waals surface area contributed by atoms with E-state index in [1.165, 1.54) is 14.0 Å². The van der Waals surface area contributed by atoms with Crippen LogP contribution in [-0.4, -0.2) is 30.0 Å². The van der Waals surface area contributed by atoms with Crippen LogP contribution in [0.5, 0.6) is 0 Å². The molecule has 0 unspecified atom stereocenters. The van der Waals surface area contributed by atoms with Gasteiger partial charge in [0.2, 0.25) is 5.91 Å². The number of benzene rings is 2. The molecule has 0 saturated heterocycles. The molecule has 28 heavy (non-hydrogen) atoms. The molecule has 1 heterocycles. The van der Waals surface area contributed by atoms with Crippen molar-refractivity contribution < 1.29 is 24.2 Å². The molecule has 0 spiro atoms. The molecule has 0 aromatic heterocycles. The van der Waals surface area contributed by atoms with Crippen LogP contribution in [0.15, 0.2) is 46.9 Å². The van der Waals surface area contributed by atoms with Gasteiger partial charge in [0, 0.05) is 28.9 Å². The summed E-state index contributed by atoms with van der Waals surface area (Å²) in [5.74, 6) is -1.48. The second-order valence-electron chi connectivity index (χ2n) is 6.32. The first kappa shape index (κ1) is 19.8. The van der Waals surface area contributed by atoms with E-state index in [0.29, 0.717) is 23.2 Å². The molecule has 0 fully saturated rings. The van der Waals surface area contributed by atoms with Crippen LogP contribution < -0.4 is 4.90 Å². The Morgan fingerprint density at radius 2 is 1.82 bits per heavy atom. The van der Waals surface area contributed by atoms with E-state index < -0.39 is 11.8 Å². The van der Waals surface area contributed by atoms with Crippen molar-refractivity contribution >= 4 is 50.7 Å². The van der Waals surface area contributed by atoms with E-state index >= 15 is 0 Å².